The lowest BCUT2D eigenvalue weighted by atomic mass is 10.1. The van der Waals surface area contributed by atoms with Gasteiger partial charge in [-0.15, -0.1) is 0 Å². The van der Waals surface area contributed by atoms with Crippen LogP contribution in [-0.4, -0.2) is 13.1 Å². The van der Waals surface area contributed by atoms with Gasteiger partial charge in [0.2, 0.25) is 0 Å². The Balaban J connectivity index is 3.04. The van der Waals surface area contributed by atoms with Crippen molar-refractivity contribution in [1.29, 1.82) is 0 Å². The van der Waals surface area contributed by atoms with Gasteiger partial charge in [0.15, 0.2) is 0 Å². The van der Waals surface area contributed by atoms with E-state index in [0.717, 1.165) is 13.1 Å². The zero-order valence-electron chi connectivity index (χ0n) is 11.0. The van der Waals surface area contributed by atoms with Crippen LogP contribution in [0.2, 0.25) is 0 Å². The van der Waals surface area contributed by atoms with E-state index in [4.69, 9.17) is 0 Å². The first kappa shape index (κ1) is 15.1. The Morgan fingerprint density at radius 3 is 1.50 bits per heavy atom. The number of nitrogens with one attached hydrogen (secondary N) is 2. The van der Waals surface area contributed by atoms with E-state index in [1.165, 1.54) is 38.5 Å². The topological polar surface area (TPSA) is 24.1 Å². The standard InChI is InChI=1S/C14H28N2/c1-3-15-13-11-9-7-5-6-8-10-12-14-16-4-2/h11-16H,3-10H2,1-2H3. The Morgan fingerprint density at radius 2 is 1.12 bits per heavy atom. The Bertz CT molecular complexity index is 154. The predicted molar refractivity (Wildman–Crippen MR) is 73.3 cm³/mol. The second-order valence-electron chi connectivity index (χ2n) is 3.91. The second-order valence-corrected chi connectivity index (χ2v) is 3.91. The molecule has 0 atom stereocenters. The fraction of sp³-hybridized carbons (Fsp3) is 0.714. The molecule has 16 heavy (non-hydrogen) atoms. The Labute approximate surface area is 101 Å². The average molecular weight is 224 g/mol. The third-order valence-electron chi connectivity index (χ3n) is 2.37. The molecule has 2 heteroatoms. The fourth-order valence-electron chi connectivity index (χ4n) is 1.45. The van der Waals surface area contributed by atoms with Crippen molar-refractivity contribution in [2.24, 2.45) is 0 Å². The molecule has 0 aromatic carbocycles. The Hall–Kier alpha value is -0.920. The zero-order chi connectivity index (χ0) is 11.9. The molecule has 0 aliphatic rings. The van der Waals surface area contributed by atoms with Crippen molar-refractivity contribution in [3.63, 3.8) is 0 Å². The molecule has 0 bridgehead atoms. The van der Waals surface area contributed by atoms with Crippen LogP contribution in [-0.2, 0) is 0 Å². The highest BCUT2D eigenvalue weighted by Crippen LogP contribution is 2.05. The van der Waals surface area contributed by atoms with Gasteiger partial charge in [0.25, 0.3) is 0 Å². The summed E-state index contributed by atoms with van der Waals surface area (Å²) in [6.45, 7) is 6.28. The molecule has 2 N–H and O–H groups in total. The van der Waals surface area contributed by atoms with E-state index in [2.05, 4.69) is 49.0 Å². The first-order valence-electron chi connectivity index (χ1n) is 6.68. The molecule has 0 radical (unpaired) electrons. The van der Waals surface area contributed by atoms with Gasteiger partial charge in [-0.3, -0.25) is 0 Å². The van der Waals surface area contributed by atoms with E-state index in [1.54, 1.807) is 0 Å². The number of allylic oxidation sites excluding steroid dienone is 2. The van der Waals surface area contributed by atoms with Gasteiger partial charge in [-0.1, -0.05) is 25.0 Å². The van der Waals surface area contributed by atoms with Crippen molar-refractivity contribution in [2.75, 3.05) is 13.1 Å². The summed E-state index contributed by atoms with van der Waals surface area (Å²) in [6, 6.07) is 0. The van der Waals surface area contributed by atoms with Gasteiger partial charge >= 0.3 is 0 Å². The van der Waals surface area contributed by atoms with Crippen LogP contribution in [0, 0.1) is 0 Å². The molecular formula is C14H28N2. The van der Waals surface area contributed by atoms with Gasteiger partial charge in [-0.05, 0) is 51.9 Å². The van der Waals surface area contributed by atoms with E-state index in [1.807, 2.05) is 0 Å². The van der Waals surface area contributed by atoms with E-state index >= 15 is 0 Å². The molecule has 0 rings (SSSR count). The number of hydrogen-bond donors (Lipinski definition) is 2. The normalized spacial score (nSPS) is 11.4. The molecule has 0 heterocycles. The highest BCUT2D eigenvalue weighted by Gasteiger charge is 1.87. The van der Waals surface area contributed by atoms with Gasteiger partial charge in [0, 0.05) is 13.1 Å². The molecular weight excluding hydrogens is 196 g/mol. The molecule has 0 aromatic heterocycles. The molecule has 0 spiro atoms. The third-order valence-corrected chi connectivity index (χ3v) is 2.37. The largest absolute Gasteiger partial charge is 0.391 e. The van der Waals surface area contributed by atoms with Crippen molar-refractivity contribution in [3.8, 4) is 0 Å². The average Bonchev–Trinajstić information content (AvgIpc) is 2.31. The molecule has 0 aliphatic carbocycles. The van der Waals surface area contributed by atoms with Crippen LogP contribution in [0.25, 0.3) is 0 Å². The predicted octanol–water partition coefficient (Wildman–Crippen LogP) is 3.57. The van der Waals surface area contributed by atoms with Gasteiger partial charge < -0.3 is 10.6 Å². The summed E-state index contributed by atoms with van der Waals surface area (Å²) in [5, 5.41) is 6.36. The van der Waals surface area contributed by atoms with Crippen LogP contribution >= 0.6 is 0 Å². The van der Waals surface area contributed by atoms with Crippen molar-refractivity contribution < 1.29 is 0 Å². The molecule has 0 saturated carbocycles. The first-order chi connectivity index (χ1) is 7.91. The number of rotatable bonds is 11. The van der Waals surface area contributed by atoms with E-state index in [-0.39, 0.29) is 0 Å². The summed E-state index contributed by atoms with van der Waals surface area (Å²) >= 11 is 0. The van der Waals surface area contributed by atoms with Crippen molar-refractivity contribution in [1.82, 2.24) is 10.6 Å². The van der Waals surface area contributed by atoms with Crippen molar-refractivity contribution in [3.05, 3.63) is 24.6 Å². The molecule has 0 saturated heterocycles. The van der Waals surface area contributed by atoms with Gasteiger partial charge in [-0.25, -0.2) is 0 Å². The molecule has 0 unspecified atom stereocenters. The van der Waals surface area contributed by atoms with Crippen LogP contribution in [0.3, 0.4) is 0 Å². The third kappa shape index (κ3) is 13.1. The lowest BCUT2D eigenvalue weighted by molar-refractivity contribution is 0.650. The van der Waals surface area contributed by atoms with Gasteiger partial charge in [-0.2, -0.15) is 0 Å². The quantitative estimate of drug-likeness (QED) is 0.524. The van der Waals surface area contributed by atoms with Crippen LogP contribution in [0.5, 0.6) is 0 Å². The summed E-state index contributed by atoms with van der Waals surface area (Å²) in [5.74, 6) is 0. The SMILES string of the molecule is CCNC=CCCCCCCC=CNCC. The summed E-state index contributed by atoms with van der Waals surface area (Å²) in [7, 11) is 0. The zero-order valence-corrected chi connectivity index (χ0v) is 11.0. The molecule has 0 aliphatic heterocycles. The molecule has 0 fully saturated rings. The summed E-state index contributed by atoms with van der Waals surface area (Å²) in [6.07, 6.45) is 16.4. The van der Waals surface area contributed by atoms with Crippen molar-refractivity contribution in [2.45, 2.75) is 52.4 Å². The fourth-order valence-corrected chi connectivity index (χ4v) is 1.45. The monoisotopic (exact) mass is 224 g/mol. The second kappa shape index (κ2) is 14.1. The maximum atomic E-state index is 3.18. The Morgan fingerprint density at radius 1 is 0.688 bits per heavy atom. The van der Waals surface area contributed by atoms with Gasteiger partial charge in [0.1, 0.15) is 0 Å². The Kier molecular flexibility index (Phi) is 13.3. The molecule has 0 amide bonds. The lowest BCUT2D eigenvalue weighted by Crippen LogP contribution is -2.01. The van der Waals surface area contributed by atoms with Crippen molar-refractivity contribution >= 4 is 0 Å². The van der Waals surface area contributed by atoms with Crippen LogP contribution in [0.15, 0.2) is 24.6 Å². The van der Waals surface area contributed by atoms with Crippen LogP contribution in [0.4, 0.5) is 0 Å². The lowest BCUT2D eigenvalue weighted by Gasteiger charge is -1.97. The number of unbranched alkanes of at least 4 members (excludes halogenated alkanes) is 5. The summed E-state index contributed by atoms with van der Waals surface area (Å²) in [4.78, 5) is 0. The van der Waals surface area contributed by atoms with E-state index in [0.29, 0.717) is 0 Å². The van der Waals surface area contributed by atoms with E-state index < -0.39 is 0 Å². The number of hydrogen-bond acceptors (Lipinski definition) is 2. The maximum Gasteiger partial charge on any atom is 0.0112 e. The first-order valence-corrected chi connectivity index (χ1v) is 6.68. The minimum absolute atomic E-state index is 1.02. The van der Waals surface area contributed by atoms with Crippen LogP contribution < -0.4 is 10.6 Å². The smallest absolute Gasteiger partial charge is 0.0112 e. The summed E-state index contributed by atoms with van der Waals surface area (Å²) in [5.41, 5.74) is 0. The summed E-state index contributed by atoms with van der Waals surface area (Å²) < 4.78 is 0. The highest BCUT2D eigenvalue weighted by molar-refractivity contribution is 4.79. The highest BCUT2D eigenvalue weighted by atomic mass is 14.8. The van der Waals surface area contributed by atoms with Crippen LogP contribution in [0.1, 0.15) is 52.4 Å². The molecule has 94 valence electrons. The minimum Gasteiger partial charge on any atom is -0.391 e. The molecule has 0 aromatic rings. The minimum atomic E-state index is 1.02. The molecule has 2 nitrogen and oxygen atoms in total. The maximum absolute atomic E-state index is 3.18. The van der Waals surface area contributed by atoms with E-state index in [9.17, 15) is 0 Å². The van der Waals surface area contributed by atoms with Gasteiger partial charge in [0.05, 0.1) is 0 Å².